The largest absolute Gasteiger partial charge is 0.367 e. The second-order valence-electron chi connectivity index (χ2n) is 4.78. The van der Waals surface area contributed by atoms with Gasteiger partial charge in [0.05, 0.1) is 0 Å². The van der Waals surface area contributed by atoms with Gasteiger partial charge in [-0.3, -0.25) is 4.98 Å². The van der Waals surface area contributed by atoms with Crippen molar-refractivity contribution in [2.24, 2.45) is 0 Å². The van der Waals surface area contributed by atoms with Crippen molar-refractivity contribution in [3.05, 3.63) is 59.9 Å². The van der Waals surface area contributed by atoms with Gasteiger partial charge in [0.15, 0.2) is 0 Å². The molecule has 1 aromatic carbocycles. The highest BCUT2D eigenvalue weighted by Crippen LogP contribution is 2.21. The number of pyridine rings is 1. The molecule has 1 N–H and O–H groups in total. The Kier molecular flexibility index (Phi) is 5.56. The van der Waals surface area contributed by atoms with Crippen molar-refractivity contribution in [1.29, 1.82) is 0 Å². The Hall–Kier alpha value is -1.87. The summed E-state index contributed by atoms with van der Waals surface area (Å²) in [6.07, 6.45) is 3.84. The molecule has 0 aliphatic heterocycles. The van der Waals surface area contributed by atoms with Gasteiger partial charge in [-0.1, -0.05) is 37.3 Å². The Balaban J connectivity index is 2.18. The van der Waals surface area contributed by atoms with Crippen molar-refractivity contribution >= 4 is 5.69 Å². The van der Waals surface area contributed by atoms with E-state index in [-0.39, 0.29) is 0 Å². The van der Waals surface area contributed by atoms with Crippen molar-refractivity contribution in [2.45, 2.75) is 26.9 Å². The van der Waals surface area contributed by atoms with Gasteiger partial charge in [0.1, 0.15) is 0 Å². The van der Waals surface area contributed by atoms with Gasteiger partial charge >= 0.3 is 0 Å². The van der Waals surface area contributed by atoms with Crippen LogP contribution in [-0.2, 0) is 13.1 Å². The van der Waals surface area contributed by atoms with Gasteiger partial charge in [-0.25, -0.2) is 0 Å². The molecule has 0 saturated heterocycles. The van der Waals surface area contributed by atoms with E-state index in [1.54, 1.807) is 0 Å². The molecule has 0 fully saturated rings. The third-order valence-electron chi connectivity index (χ3n) is 3.38. The normalized spacial score (nSPS) is 10.5. The van der Waals surface area contributed by atoms with Crippen LogP contribution in [0, 0.1) is 0 Å². The maximum Gasteiger partial charge on any atom is 0.0445 e. The lowest BCUT2D eigenvalue weighted by Gasteiger charge is -2.25. The molecule has 0 atom stereocenters. The molecule has 0 amide bonds. The van der Waals surface area contributed by atoms with Crippen LogP contribution in [0.4, 0.5) is 5.69 Å². The molecule has 0 aliphatic rings. The van der Waals surface area contributed by atoms with Crippen LogP contribution in [0.5, 0.6) is 0 Å². The maximum atomic E-state index is 4.26. The SMILES string of the molecule is CCNCc1cnccc1N(CC)Cc1ccccc1. The predicted octanol–water partition coefficient (Wildman–Crippen LogP) is 3.22. The molecule has 0 saturated carbocycles. The van der Waals surface area contributed by atoms with Gasteiger partial charge in [-0.2, -0.15) is 0 Å². The smallest absolute Gasteiger partial charge is 0.0445 e. The van der Waals surface area contributed by atoms with Crippen molar-refractivity contribution < 1.29 is 0 Å². The molecule has 2 rings (SSSR count). The zero-order valence-electron chi connectivity index (χ0n) is 12.3. The first-order valence-corrected chi connectivity index (χ1v) is 7.27. The minimum atomic E-state index is 0.866. The Morgan fingerprint density at radius 2 is 1.90 bits per heavy atom. The molecule has 0 aliphatic carbocycles. The van der Waals surface area contributed by atoms with Crippen molar-refractivity contribution in [2.75, 3.05) is 18.0 Å². The summed E-state index contributed by atoms with van der Waals surface area (Å²) in [5.41, 5.74) is 3.86. The summed E-state index contributed by atoms with van der Waals surface area (Å²) in [4.78, 5) is 6.65. The maximum absolute atomic E-state index is 4.26. The van der Waals surface area contributed by atoms with Gasteiger partial charge in [0, 0.05) is 43.3 Å². The van der Waals surface area contributed by atoms with Crippen LogP contribution in [0.15, 0.2) is 48.8 Å². The van der Waals surface area contributed by atoms with E-state index in [2.05, 4.69) is 65.4 Å². The van der Waals surface area contributed by atoms with Crippen LogP contribution in [0.25, 0.3) is 0 Å². The molecular formula is C17H23N3. The first-order valence-electron chi connectivity index (χ1n) is 7.27. The Morgan fingerprint density at radius 3 is 2.60 bits per heavy atom. The molecular weight excluding hydrogens is 246 g/mol. The van der Waals surface area contributed by atoms with E-state index in [0.29, 0.717) is 0 Å². The molecule has 0 bridgehead atoms. The second kappa shape index (κ2) is 7.65. The van der Waals surface area contributed by atoms with Crippen LogP contribution in [0.3, 0.4) is 0 Å². The minimum Gasteiger partial charge on any atom is -0.367 e. The zero-order valence-corrected chi connectivity index (χ0v) is 12.3. The molecule has 1 aromatic heterocycles. The fraction of sp³-hybridized carbons (Fsp3) is 0.353. The van der Waals surface area contributed by atoms with Gasteiger partial charge in [0.2, 0.25) is 0 Å². The number of benzene rings is 1. The molecule has 3 nitrogen and oxygen atoms in total. The van der Waals surface area contributed by atoms with Gasteiger partial charge in [0.25, 0.3) is 0 Å². The first kappa shape index (κ1) is 14.5. The van der Waals surface area contributed by atoms with Crippen LogP contribution in [-0.4, -0.2) is 18.1 Å². The standard InChI is InChI=1S/C17H23N3/c1-3-18-12-16-13-19-11-10-17(16)20(4-2)14-15-8-6-5-7-9-15/h5-11,13,18H,3-4,12,14H2,1-2H3. The number of nitrogens with zero attached hydrogens (tertiary/aromatic N) is 2. The van der Waals surface area contributed by atoms with E-state index in [0.717, 1.165) is 26.2 Å². The molecule has 2 aromatic rings. The highest BCUT2D eigenvalue weighted by Gasteiger charge is 2.10. The molecule has 0 radical (unpaired) electrons. The predicted molar refractivity (Wildman–Crippen MR) is 84.8 cm³/mol. The number of aromatic nitrogens is 1. The Morgan fingerprint density at radius 1 is 1.10 bits per heavy atom. The third kappa shape index (κ3) is 3.81. The van der Waals surface area contributed by atoms with Gasteiger partial charge < -0.3 is 10.2 Å². The van der Waals surface area contributed by atoms with Crippen LogP contribution >= 0.6 is 0 Å². The fourth-order valence-corrected chi connectivity index (χ4v) is 2.30. The average molecular weight is 269 g/mol. The van der Waals surface area contributed by atoms with Crippen LogP contribution < -0.4 is 10.2 Å². The molecule has 106 valence electrons. The number of hydrogen-bond acceptors (Lipinski definition) is 3. The highest BCUT2D eigenvalue weighted by atomic mass is 15.1. The van der Waals surface area contributed by atoms with Gasteiger partial charge in [-0.15, -0.1) is 0 Å². The number of rotatable bonds is 7. The lowest BCUT2D eigenvalue weighted by molar-refractivity contribution is 0.716. The van der Waals surface area contributed by atoms with Gasteiger partial charge in [-0.05, 0) is 25.1 Å². The molecule has 1 heterocycles. The van der Waals surface area contributed by atoms with Crippen molar-refractivity contribution in [3.63, 3.8) is 0 Å². The molecule has 0 spiro atoms. The van der Waals surface area contributed by atoms with E-state index in [9.17, 15) is 0 Å². The lowest BCUT2D eigenvalue weighted by atomic mass is 10.1. The lowest BCUT2D eigenvalue weighted by Crippen LogP contribution is -2.24. The summed E-state index contributed by atoms with van der Waals surface area (Å²) < 4.78 is 0. The van der Waals surface area contributed by atoms with E-state index in [1.165, 1.54) is 16.8 Å². The molecule has 0 unspecified atom stereocenters. The Bertz CT molecular complexity index is 511. The zero-order chi connectivity index (χ0) is 14.2. The summed E-state index contributed by atoms with van der Waals surface area (Å²) in [6.45, 7) is 8.07. The fourth-order valence-electron chi connectivity index (χ4n) is 2.30. The summed E-state index contributed by atoms with van der Waals surface area (Å²) in [5.74, 6) is 0. The van der Waals surface area contributed by atoms with E-state index in [1.807, 2.05) is 12.4 Å². The summed E-state index contributed by atoms with van der Waals surface area (Å²) in [5, 5.41) is 3.38. The monoisotopic (exact) mass is 269 g/mol. The van der Waals surface area contributed by atoms with E-state index >= 15 is 0 Å². The van der Waals surface area contributed by atoms with Crippen molar-refractivity contribution in [1.82, 2.24) is 10.3 Å². The molecule has 20 heavy (non-hydrogen) atoms. The van der Waals surface area contributed by atoms with E-state index in [4.69, 9.17) is 0 Å². The quantitative estimate of drug-likeness (QED) is 0.836. The van der Waals surface area contributed by atoms with Crippen molar-refractivity contribution in [3.8, 4) is 0 Å². The summed E-state index contributed by atoms with van der Waals surface area (Å²) in [6, 6.07) is 12.7. The van der Waals surface area contributed by atoms with Crippen LogP contribution in [0.2, 0.25) is 0 Å². The highest BCUT2D eigenvalue weighted by molar-refractivity contribution is 5.52. The number of hydrogen-bond donors (Lipinski definition) is 1. The Labute approximate surface area is 121 Å². The molecule has 3 heteroatoms. The number of nitrogens with one attached hydrogen (secondary N) is 1. The topological polar surface area (TPSA) is 28.2 Å². The summed E-state index contributed by atoms with van der Waals surface area (Å²) in [7, 11) is 0. The van der Waals surface area contributed by atoms with E-state index < -0.39 is 0 Å². The second-order valence-corrected chi connectivity index (χ2v) is 4.78. The summed E-state index contributed by atoms with van der Waals surface area (Å²) >= 11 is 0. The minimum absolute atomic E-state index is 0.866. The average Bonchev–Trinajstić information content (AvgIpc) is 2.52. The third-order valence-corrected chi connectivity index (χ3v) is 3.38. The number of anilines is 1. The first-order chi connectivity index (χ1) is 9.85. The van der Waals surface area contributed by atoms with Crippen LogP contribution in [0.1, 0.15) is 25.0 Å².